The summed E-state index contributed by atoms with van der Waals surface area (Å²) in [6, 6.07) is 3.91. The number of rotatable bonds is 5. The van der Waals surface area contributed by atoms with E-state index in [2.05, 4.69) is 22.2 Å². The lowest BCUT2D eigenvalue weighted by atomic mass is 10.1. The summed E-state index contributed by atoms with van der Waals surface area (Å²) >= 11 is 1.28. The Hall–Kier alpha value is -2.15. The highest BCUT2D eigenvalue weighted by molar-refractivity contribution is 7.18. The van der Waals surface area contributed by atoms with Crippen LogP contribution in [0, 0.1) is 0 Å². The number of aromatic nitrogens is 2. The first-order valence-electron chi connectivity index (χ1n) is 6.67. The van der Waals surface area contributed by atoms with Crippen molar-refractivity contribution in [1.29, 1.82) is 0 Å². The molecule has 0 saturated heterocycles. The molecule has 3 N–H and O–H groups in total. The normalized spacial score (nSPS) is 10.4. The molecule has 0 aliphatic rings. The molecule has 0 saturated carbocycles. The van der Waals surface area contributed by atoms with Crippen LogP contribution in [0.5, 0.6) is 0 Å². The summed E-state index contributed by atoms with van der Waals surface area (Å²) in [5.41, 5.74) is 7.81. The molecular formula is C14H19N5OS. The zero-order chi connectivity index (χ0) is 15.4. The Balaban J connectivity index is 2.08. The molecule has 0 spiro atoms. The van der Waals surface area contributed by atoms with Gasteiger partial charge in [-0.15, -0.1) is 0 Å². The maximum Gasteiger partial charge on any atom is 0.265 e. The third-order valence-corrected chi connectivity index (χ3v) is 4.25. The van der Waals surface area contributed by atoms with Crippen molar-refractivity contribution in [3.05, 3.63) is 34.5 Å². The monoisotopic (exact) mass is 305 g/mol. The van der Waals surface area contributed by atoms with Crippen LogP contribution >= 0.6 is 11.3 Å². The fourth-order valence-electron chi connectivity index (χ4n) is 1.87. The highest BCUT2D eigenvalue weighted by Gasteiger charge is 2.17. The van der Waals surface area contributed by atoms with Crippen molar-refractivity contribution in [3.8, 4) is 0 Å². The van der Waals surface area contributed by atoms with E-state index in [4.69, 9.17) is 5.73 Å². The van der Waals surface area contributed by atoms with Gasteiger partial charge in [0.25, 0.3) is 5.91 Å². The molecule has 7 heteroatoms. The molecule has 21 heavy (non-hydrogen) atoms. The van der Waals surface area contributed by atoms with Crippen molar-refractivity contribution in [2.75, 3.05) is 24.7 Å². The molecule has 0 atom stereocenters. The van der Waals surface area contributed by atoms with Gasteiger partial charge >= 0.3 is 0 Å². The van der Waals surface area contributed by atoms with Crippen molar-refractivity contribution < 1.29 is 4.79 Å². The Labute approximate surface area is 128 Å². The van der Waals surface area contributed by atoms with Gasteiger partial charge in [-0.3, -0.25) is 9.78 Å². The van der Waals surface area contributed by atoms with Crippen LogP contribution in [0.15, 0.2) is 18.3 Å². The van der Waals surface area contributed by atoms with Gasteiger partial charge in [-0.05, 0) is 18.1 Å². The molecule has 0 fully saturated rings. The van der Waals surface area contributed by atoms with Gasteiger partial charge in [0.2, 0.25) is 0 Å². The van der Waals surface area contributed by atoms with Gasteiger partial charge in [-0.1, -0.05) is 24.3 Å². The second-order valence-electron chi connectivity index (χ2n) is 4.75. The van der Waals surface area contributed by atoms with E-state index in [-0.39, 0.29) is 11.7 Å². The smallest absolute Gasteiger partial charge is 0.265 e. The maximum absolute atomic E-state index is 12.2. The van der Waals surface area contributed by atoms with E-state index in [1.54, 1.807) is 6.20 Å². The fraction of sp³-hybridized carbons (Fsp3) is 0.357. The largest absolute Gasteiger partial charge is 0.382 e. The third kappa shape index (κ3) is 3.49. The molecule has 0 unspecified atom stereocenters. The van der Waals surface area contributed by atoms with E-state index in [9.17, 15) is 4.79 Å². The van der Waals surface area contributed by atoms with Gasteiger partial charge in [0.05, 0.1) is 12.2 Å². The number of aryl methyl sites for hydroxylation is 1. The molecule has 112 valence electrons. The molecular weight excluding hydrogens is 286 g/mol. The van der Waals surface area contributed by atoms with E-state index in [1.165, 1.54) is 11.3 Å². The number of hydrogen-bond donors (Lipinski definition) is 2. The maximum atomic E-state index is 12.2. The first-order chi connectivity index (χ1) is 10.0. The van der Waals surface area contributed by atoms with Crippen molar-refractivity contribution in [1.82, 2.24) is 15.3 Å². The number of nitrogen functional groups attached to an aromatic ring is 1. The van der Waals surface area contributed by atoms with E-state index in [0.717, 1.165) is 17.7 Å². The van der Waals surface area contributed by atoms with Gasteiger partial charge in [0.15, 0.2) is 5.13 Å². The molecule has 6 nitrogen and oxygen atoms in total. The zero-order valence-corrected chi connectivity index (χ0v) is 13.2. The van der Waals surface area contributed by atoms with Gasteiger partial charge < -0.3 is 16.0 Å². The molecule has 0 aromatic carbocycles. The molecule has 0 aliphatic heterocycles. The number of nitrogens with zero attached hydrogens (tertiary/aromatic N) is 3. The Morgan fingerprint density at radius 3 is 2.86 bits per heavy atom. The summed E-state index contributed by atoms with van der Waals surface area (Å²) in [4.78, 5) is 22.9. The number of nitrogens with two attached hydrogens (primary N) is 1. The van der Waals surface area contributed by atoms with Crippen molar-refractivity contribution in [2.24, 2.45) is 0 Å². The molecule has 0 aliphatic carbocycles. The molecule has 0 radical (unpaired) electrons. The summed E-state index contributed by atoms with van der Waals surface area (Å²) in [6.07, 6.45) is 2.61. The van der Waals surface area contributed by atoms with Crippen LogP contribution in [-0.4, -0.2) is 30.0 Å². The lowest BCUT2D eigenvalue weighted by molar-refractivity contribution is 0.0955. The van der Waals surface area contributed by atoms with Gasteiger partial charge in [0, 0.05) is 20.3 Å². The standard InChI is InChI=1S/C14H19N5OS/c1-4-9-6-5-7-16-10(9)8-17-13(20)11-12(15)18-14(21-11)19(2)3/h5-7H,4,8,15H2,1-3H3,(H,17,20). The highest BCUT2D eigenvalue weighted by Crippen LogP contribution is 2.26. The first kappa shape index (κ1) is 15.2. The summed E-state index contributed by atoms with van der Waals surface area (Å²) < 4.78 is 0. The lowest BCUT2D eigenvalue weighted by Gasteiger charge is -2.07. The second kappa shape index (κ2) is 6.53. The summed E-state index contributed by atoms with van der Waals surface area (Å²) in [6.45, 7) is 2.45. The second-order valence-corrected chi connectivity index (χ2v) is 5.73. The van der Waals surface area contributed by atoms with E-state index in [0.29, 0.717) is 16.6 Å². The van der Waals surface area contributed by atoms with E-state index < -0.39 is 0 Å². The Morgan fingerprint density at radius 1 is 1.48 bits per heavy atom. The number of thiazole rings is 1. The SMILES string of the molecule is CCc1cccnc1CNC(=O)c1sc(N(C)C)nc1N. The van der Waals surface area contributed by atoms with Gasteiger partial charge in [0.1, 0.15) is 10.7 Å². The van der Waals surface area contributed by atoms with Crippen LogP contribution in [0.4, 0.5) is 10.9 Å². The van der Waals surface area contributed by atoms with Crippen LogP contribution < -0.4 is 16.0 Å². The fourth-order valence-corrected chi connectivity index (χ4v) is 2.70. The summed E-state index contributed by atoms with van der Waals surface area (Å²) in [5.74, 6) is 0.0451. The number of carbonyl (C=O) groups is 1. The first-order valence-corrected chi connectivity index (χ1v) is 7.49. The van der Waals surface area contributed by atoms with E-state index >= 15 is 0 Å². The van der Waals surface area contributed by atoms with Crippen LogP contribution in [0.3, 0.4) is 0 Å². The van der Waals surface area contributed by atoms with Gasteiger partial charge in [-0.25, -0.2) is 4.98 Å². The van der Waals surface area contributed by atoms with Gasteiger partial charge in [-0.2, -0.15) is 0 Å². The minimum atomic E-state index is -0.217. The molecule has 2 aromatic rings. The van der Waals surface area contributed by atoms with Crippen molar-refractivity contribution in [2.45, 2.75) is 19.9 Å². The molecule has 2 heterocycles. The number of nitrogens with one attached hydrogen (secondary N) is 1. The highest BCUT2D eigenvalue weighted by atomic mass is 32.1. The number of amides is 1. The van der Waals surface area contributed by atoms with Crippen LogP contribution in [0.25, 0.3) is 0 Å². The quantitative estimate of drug-likeness (QED) is 0.878. The van der Waals surface area contributed by atoms with Crippen LogP contribution in [0.1, 0.15) is 27.9 Å². The van der Waals surface area contributed by atoms with E-state index in [1.807, 2.05) is 31.1 Å². The number of carbonyl (C=O) groups excluding carboxylic acids is 1. The zero-order valence-electron chi connectivity index (χ0n) is 12.4. The van der Waals surface area contributed by atoms with Crippen molar-refractivity contribution in [3.63, 3.8) is 0 Å². The molecule has 2 aromatic heterocycles. The molecule has 0 bridgehead atoms. The summed E-state index contributed by atoms with van der Waals surface area (Å²) in [7, 11) is 3.72. The Morgan fingerprint density at radius 2 is 2.24 bits per heavy atom. The summed E-state index contributed by atoms with van der Waals surface area (Å²) in [5, 5.41) is 3.57. The number of hydrogen-bond acceptors (Lipinski definition) is 6. The minimum absolute atomic E-state index is 0.217. The minimum Gasteiger partial charge on any atom is -0.382 e. The predicted molar refractivity (Wildman–Crippen MR) is 85.6 cm³/mol. The Kier molecular flexibility index (Phi) is 4.74. The topological polar surface area (TPSA) is 84.1 Å². The third-order valence-electron chi connectivity index (χ3n) is 3.01. The molecule has 2 rings (SSSR count). The lowest BCUT2D eigenvalue weighted by Crippen LogP contribution is -2.24. The van der Waals surface area contributed by atoms with Crippen LogP contribution in [-0.2, 0) is 13.0 Å². The molecule has 1 amide bonds. The average molecular weight is 305 g/mol. The van der Waals surface area contributed by atoms with Crippen molar-refractivity contribution >= 4 is 28.2 Å². The number of anilines is 2. The predicted octanol–water partition coefficient (Wildman–Crippen LogP) is 1.68. The Bertz CT molecular complexity index is 638. The van der Waals surface area contributed by atoms with Crippen LogP contribution in [0.2, 0.25) is 0 Å². The number of pyridine rings is 1. The average Bonchev–Trinajstić information content (AvgIpc) is 2.87.